The minimum Gasteiger partial charge on any atom is -0.480 e. The van der Waals surface area contributed by atoms with Crippen molar-refractivity contribution < 1.29 is 24.7 Å². The molecule has 2 N–H and O–H groups in total. The van der Waals surface area contributed by atoms with Crippen LogP contribution < -0.4 is 0 Å². The Labute approximate surface area is 122 Å². The fourth-order valence-electron chi connectivity index (χ4n) is 2.11. The number of halogens is 1. The molecule has 0 spiro atoms. The van der Waals surface area contributed by atoms with Crippen LogP contribution in [0.15, 0.2) is 12.3 Å². The number of hydrogen-bond donors (Lipinski definition) is 2. The van der Waals surface area contributed by atoms with E-state index in [2.05, 4.69) is 4.98 Å². The van der Waals surface area contributed by atoms with E-state index >= 15 is 0 Å². The molecule has 2 atom stereocenters. The summed E-state index contributed by atoms with van der Waals surface area (Å²) in [5.41, 5.74) is -0.708. The molecule has 1 fully saturated rings. The van der Waals surface area contributed by atoms with Gasteiger partial charge in [-0.2, -0.15) is 0 Å². The van der Waals surface area contributed by atoms with Crippen molar-refractivity contribution in [3.05, 3.63) is 33.1 Å². The molecule has 1 aliphatic rings. The molecule has 0 radical (unpaired) electrons. The number of pyridine rings is 1. The molecular formula is C11H10ClN3O6. The van der Waals surface area contributed by atoms with Crippen LogP contribution in [-0.4, -0.2) is 55.6 Å². The largest absolute Gasteiger partial charge is 0.480 e. The average Bonchev–Trinajstić information content (AvgIpc) is 2.80. The molecular weight excluding hydrogens is 306 g/mol. The number of aliphatic hydroxyl groups is 1. The van der Waals surface area contributed by atoms with Crippen molar-refractivity contribution in [2.75, 3.05) is 6.54 Å². The van der Waals surface area contributed by atoms with Gasteiger partial charge in [0.2, 0.25) is 0 Å². The lowest BCUT2D eigenvalue weighted by molar-refractivity contribution is -0.385. The number of aliphatic carboxylic acids is 1. The van der Waals surface area contributed by atoms with Gasteiger partial charge >= 0.3 is 5.97 Å². The summed E-state index contributed by atoms with van der Waals surface area (Å²) in [4.78, 5) is 37.8. The summed E-state index contributed by atoms with van der Waals surface area (Å²) in [5, 5.41) is 29.0. The number of aromatic nitrogens is 1. The van der Waals surface area contributed by atoms with Gasteiger partial charge in [-0.3, -0.25) is 14.9 Å². The summed E-state index contributed by atoms with van der Waals surface area (Å²) in [6.07, 6.45) is -0.186. The zero-order valence-corrected chi connectivity index (χ0v) is 11.2. The lowest BCUT2D eigenvalue weighted by Gasteiger charge is -2.21. The van der Waals surface area contributed by atoms with Crippen LogP contribution in [0.25, 0.3) is 0 Å². The van der Waals surface area contributed by atoms with Gasteiger partial charge in [0.25, 0.3) is 11.6 Å². The van der Waals surface area contributed by atoms with Gasteiger partial charge in [-0.25, -0.2) is 9.78 Å². The maximum Gasteiger partial charge on any atom is 0.326 e. The second-order valence-corrected chi connectivity index (χ2v) is 4.85. The zero-order chi connectivity index (χ0) is 15.7. The minimum atomic E-state index is -1.27. The number of carbonyl (C=O) groups is 2. The fraction of sp³-hybridized carbons (Fsp3) is 0.364. The van der Waals surface area contributed by atoms with E-state index in [9.17, 15) is 24.8 Å². The van der Waals surface area contributed by atoms with E-state index in [1.807, 2.05) is 0 Å². The Bertz CT molecular complexity index is 622. The van der Waals surface area contributed by atoms with Gasteiger partial charge in [-0.15, -0.1) is 0 Å². The maximum absolute atomic E-state index is 12.3. The number of β-amino-alcohol motifs (C(OH)–C–C–N with tert-alkyl or cyclic N) is 1. The van der Waals surface area contributed by atoms with Crippen molar-refractivity contribution >= 4 is 29.2 Å². The summed E-state index contributed by atoms with van der Waals surface area (Å²) in [5.74, 6) is -2.09. The molecule has 0 unspecified atom stereocenters. The molecule has 0 aliphatic carbocycles. The van der Waals surface area contributed by atoms with Gasteiger partial charge in [0.15, 0.2) is 0 Å². The summed E-state index contributed by atoms with van der Waals surface area (Å²) in [7, 11) is 0. The number of likely N-dealkylation sites (tertiary alicyclic amines) is 1. The molecule has 0 aromatic carbocycles. The highest BCUT2D eigenvalue weighted by molar-refractivity contribution is 6.32. The molecule has 112 valence electrons. The summed E-state index contributed by atoms with van der Waals surface area (Å²) < 4.78 is 0. The Morgan fingerprint density at radius 1 is 1.52 bits per heavy atom. The highest BCUT2D eigenvalue weighted by Crippen LogP contribution is 2.25. The first-order valence-electron chi connectivity index (χ1n) is 5.83. The Morgan fingerprint density at radius 2 is 2.19 bits per heavy atom. The van der Waals surface area contributed by atoms with Crippen LogP contribution in [0.1, 0.15) is 16.8 Å². The lowest BCUT2D eigenvalue weighted by atomic mass is 10.2. The van der Waals surface area contributed by atoms with Crippen LogP contribution in [0.4, 0.5) is 5.69 Å². The van der Waals surface area contributed by atoms with Crippen LogP contribution in [0, 0.1) is 10.1 Å². The Morgan fingerprint density at radius 3 is 2.76 bits per heavy atom. The first-order valence-corrected chi connectivity index (χ1v) is 6.21. The Hall–Kier alpha value is -2.26. The van der Waals surface area contributed by atoms with Gasteiger partial charge in [-0.1, -0.05) is 11.6 Å². The number of amides is 1. The van der Waals surface area contributed by atoms with E-state index in [1.54, 1.807) is 0 Å². The molecule has 0 bridgehead atoms. The predicted octanol–water partition coefficient (Wildman–Crippen LogP) is 0.303. The monoisotopic (exact) mass is 315 g/mol. The second kappa shape index (κ2) is 5.62. The normalized spacial score (nSPS) is 21.3. The first-order chi connectivity index (χ1) is 9.81. The second-order valence-electron chi connectivity index (χ2n) is 4.49. The van der Waals surface area contributed by atoms with E-state index in [0.29, 0.717) is 0 Å². The predicted molar refractivity (Wildman–Crippen MR) is 69.0 cm³/mol. The molecule has 2 rings (SSSR count). The number of carbonyl (C=O) groups excluding carboxylic acids is 1. The van der Waals surface area contributed by atoms with Gasteiger partial charge in [0, 0.05) is 19.0 Å². The Balaban J connectivity index is 2.37. The number of carboxylic acid groups (broad SMARTS) is 1. The Kier molecular flexibility index (Phi) is 4.05. The molecule has 21 heavy (non-hydrogen) atoms. The molecule has 2 heterocycles. The van der Waals surface area contributed by atoms with E-state index < -0.39 is 34.6 Å². The molecule has 1 aromatic heterocycles. The van der Waals surface area contributed by atoms with E-state index in [0.717, 1.165) is 17.2 Å². The van der Waals surface area contributed by atoms with Crippen molar-refractivity contribution in [1.82, 2.24) is 9.88 Å². The average molecular weight is 316 g/mol. The summed E-state index contributed by atoms with van der Waals surface area (Å²) in [6, 6.07) is -0.274. The molecule has 1 saturated heterocycles. The van der Waals surface area contributed by atoms with Crippen molar-refractivity contribution in [2.45, 2.75) is 18.6 Å². The molecule has 10 heteroatoms. The molecule has 9 nitrogen and oxygen atoms in total. The summed E-state index contributed by atoms with van der Waals surface area (Å²) in [6.45, 7) is -0.186. The SMILES string of the molecule is O=C(O)[C@H]1C[C@@H](O)CN1C(=O)c1cc([N+](=O)[O-])cnc1Cl. The van der Waals surface area contributed by atoms with Crippen molar-refractivity contribution in [3.63, 3.8) is 0 Å². The van der Waals surface area contributed by atoms with Crippen LogP contribution in [0.5, 0.6) is 0 Å². The number of hydrogen-bond acceptors (Lipinski definition) is 6. The highest BCUT2D eigenvalue weighted by atomic mass is 35.5. The first kappa shape index (κ1) is 15.1. The molecule has 0 saturated carbocycles. The third-order valence-electron chi connectivity index (χ3n) is 3.09. The topological polar surface area (TPSA) is 134 Å². The number of aliphatic hydroxyl groups excluding tert-OH is 1. The number of nitrogens with zero attached hydrogens (tertiary/aromatic N) is 3. The quantitative estimate of drug-likeness (QED) is 0.465. The smallest absolute Gasteiger partial charge is 0.326 e. The van der Waals surface area contributed by atoms with Crippen LogP contribution in [-0.2, 0) is 4.79 Å². The van der Waals surface area contributed by atoms with Crippen LogP contribution >= 0.6 is 11.6 Å². The van der Waals surface area contributed by atoms with Gasteiger partial charge in [0.1, 0.15) is 17.4 Å². The van der Waals surface area contributed by atoms with Gasteiger partial charge < -0.3 is 15.1 Å². The molecule has 1 aliphatic heterocycles. The van der Waals surface area contributed by atoms with Gasteiger partial charge in [-0.05, 0) is 0 Å². The van der Waals surface area contributed by atoms with E-state index in [1.165, 1.54) is 0 Å². The van der Waals surface area contributed by atoms with Crippen LogP contribution in [0.3, 0.4) is 0 Å². The van der Waals surface area contributed by atoms with Crippen molar-refractivity contribution in [1.29, 1.82) is 0 Å². The third kappa shape index (κ3) is 2.93. The van der Waals surface area contributed by atoms with Crippen molar-refractivity contribution in [3.8, 4) is 0 Å². The summed E-state index contributed by atoms with van der Waals surface area (Å²) >= 11 is 5.75. The minimum absolute atomic E-state index is 0.110. The molecule has 1 amide bonds. The number of rotatable bonds is 3. The molecule has 1 aromatic rings. The van der Waals surface area contributed by atoms with Crippen molar-refractivity contribution in [2.24, 2.45) is 0 Å². The standard InChI is InChI=1S/C11H10ClN3O6/c12-9-7(1-5(3-13-9)15(20)21)10(17)14-4-6(16)2-8(14)11(18)19/h1,3,6,8,16H,2,4H2,(H,18,19)/t6-,8-/m1/s1. The highest BCUT2D eigenvalue weighted by Gasteiger charge is 2.40. The fourth-order valence-corrected chi connectivity index (χ4v) is 2.30. The van der Waals surface area contributed by atoms with Crippen LogP contribution in [0.2, 0.25) is 5.15 Å². The number of nitro groups is 1. The van der Waals surface area contributed by atoms with E-state index in [-0.39, 0.29) is 23.7 Å². The number of carboxylic acids is 1. The van der Waals surface area contributed by atoms with Gasteiger partial charge in [0.05, 0.1) is 16.6 Å². The third-order valence-corrected chi connectivity index (χ3v) is 3.39. The zero-order valence-electron chi connectivity index (χ0n) is 10.5. The maximum atomic E-state index is 12.3. The van der Waals surface area contributed by atoms with E-state index in [4.69, 9.17) is 16.7 Å². The lowest BCUT2D eigenvalue weighted by Crippen LogP contribution is -2.40.